The predicted molar refractivity (Wildman–Crippen MR) is 80.8 cm³/mol. The summed E-state index contributed by atoms with van der Waals surface area (Å²) in [4.78, 5) is 1.08. The SMILES string of the molecule is CCNC(Cc1cccc(Cl)c1F)c1snnc1CC. The summed E-state index contributed by atoms with van der Waals surface area (Å²) in [6.07, 6.45) is 1.36. The maximum Gasteiger partial charge on any atom is 0.145 e. The normalized spacial score (nSPS) is 12.6. The van der Waals surface area contributed by atoms with Gasteiger partial charge in [-0.2, -0.15) is 0 Å². The van der Waals surface area contributed by atoms with Gasteiger partial charge in [0.1, 0.15) is 5.82 Å². The summed E-state index contributed by atoms with van der Waals surface area (Å²) in [6.45, 7) is 4.87. The standard InChI is InChI=1S/C14H17ClFN3S/c1-3-11-14(20-19-18-11)12(17-4-2)8-9-6-5-7-10(15)13(9)16/h5-7,12,17H,3-4,8H2,1-2H3. The fourth-order valence-corrected chi connectivity index (χ4v) is 3.16. The van der Waals surface area contributed by atoms with Crippen LogP contribution in [0.25, 0.3) is 0 Å². The highest BCUT2D eigenvalue weighted by molar-refractivity contribution is 7.05. The van der Waals surface area contributed by atoms with Crippen molar-refractivity contribution in [2.24, 2.45) is 0 Å². The molecule has 0 amide bonds. The minimum Gasteiger partial charge on any atom is -0.309 e. The Balaban J connectivity index is 2.28. The van der Waals surface area contributed by atoms with E-state index in [1.54, 1.807) is 18.2 Å². The van der Waals surface area contributed by atoms with E-state index in [1.165, 1.54) is 11.5 Å². The third-order valence-electron chi connectivity index (χ3n) is 3.14. The molecule has 2 rings (SSSR count). The quantitative estimate of drug-likeness (QED) is 0.881. The molecule has 0 bridgehead atoms. The van der Waals surface area contributed by atoms with Crippen LogP contribution in [-0.4, -0.2) is 16.1 Å². The summed E-state index contributed by atoms with van der Waals surface area (Å²) in [7, 11) is 0. The Bertz CT molecular complexity index is 573. The number of aromatic nitrogens is 2. The zero-order valence-electron chi connectivity index (χ0n) is 11.5. The Labute approximate surface area is 127 Å². The molecular weight excluding hydrogens is 297 g/mol. The van der Waals surface area contributed by atoms with Crippen LogP contribution >= 0.6 is 23.1 Å². The largest absolute Gasteiger partial charge is 0.309 e. The second-order valence-electron chi connectivity index (χ2n) is 4.46. The number of rotatable bonds is 6. The van der Waals surface area contributed by atoms with E-state index in [9.17, 15) is 4.39 Å². The van der Waals surface area contributed by atoms with Gasteiger partial charge in [0.25, 0.3) is 0 Å². The summed E-state index contributed by atoms with van der Waals surface area (Å²) < 4.78 is 18.0. The summed E-state index contributed by atoms with van der Waals surface area (Å²) in [5, 5.41) is 7.67. The maximum absolute atomic E-state index is 14.0. The van der Waals surface area contributed by atoms with E-state index in [4.69, 9.17) is 11.6 Å². The van der Waals surface area contributed by atoms with E-state index in [0.29, 0.717) is 12.0 Å². The maximum atomic E-state index is 14.0. The molecule has 2 aromatic rings. The van der Waals surface area contributed by atoms with Crippen molar-refractivity contribution in [2.45, 2.75) is 32.7 Å². The molecule has 1 unspecified atom stereocenters. The van der Waals surface area contributed by atoms with E-state index in [1.807, 2.05) is 13.8 Å². The van der Waals surface area contributed by atoms with E-state index >= 15 is 0 Å². The van der Waals surface area contributed by atoms with Gasteiger partial charge in [-0.05, 0) is 42.5 Å². The summed E-state index contributed by atoms with van der Waals surface area (Å²) in [5.41, 5.74) is 1.59. The summed E-state index contributed by atoms with van der Waals surface area (Å²) in [6, 6.07) is 5.12. The van der Waals surface area contributed by atoms with Gasteiger partial charge in [0.15, 0.2) is 0 Å². The Morgan fingerprint density at radius 3 is 2.90 bits per heavy atom. The first-order chi connectivity index (χ1) is 9.67. The molecule has 6 heteroatoms. The van der Waals surface area contributed by atoms with Gasteiger partial charge in [0.05, 0.1) is 15.6 Å². The molecule has 1 aromatic heterocycles. The van der Waals surface area contributed by atoms with Gasteiger partial charge in [-0.15, -0.1) is 5.10 Å². The lowest BCUT2D eigenvalue weighted by molar-refractivity contribution is 0.530. The van der Waals surface area contributed by atoms with Crippen LogP contribution in [0.2, 0.25) is 5.02 Å². The van der Waals surface area contributed by atoms with Crippen LogP contribution in [0.3, 0.4) is 0 Å². The average Bonchev–Trinajstić information content (AvgIpc) is 2.91. The van der Waals surface area contributed by atoms with Crippen LogP contribution in [0.4, 0.5) is 4.39 Å². The number of benzene rings is 1. The first-order valence-corrected chi connectivity index (χ1v) is 7.79. The smallest absolute Gasteiger partial charge is 0.145 e. The van der Waals surface area contributed by atoms with Crippen molar-refractivity contribution < 1.29 is 4.39 Å². The molecule has 1 heterocycles. The van der Waals surface area contributed by atoms with Crippen LogP contribution in [0.5, 0.6) is 0 Å². The molecule has 0 saturated heterocycles. The number of aryl methyl sites for hydroxylation is 1. The van der Waals surface area contributed by atoms with E-state index in [2.05, 4.69) is 14.9 Å². The fourth-order valence-electron chi connectivity index (χ4n) is 2.16. The van der Waals surface area contributed by atoms with Crippen molar-refractivity contribution in [1.29, 1.82) is 0 Å². The molecule has 0 spiro atoms. The molecule has 3 nitrogen and oxygen atoms in total. The second-order valence-corrected chi connectivity index (χ2v) is 5.66. The highest BCUT2D eigenvalue weighted by atomic mass is 35.5. The number of nitrogens with one attached hydrogen (secondary N) is 1. The minimum atomic E-state index is -0.340. The Kier molecular flexibility index (Phi) is 5.46. The minimum absolute atomic E-state index is 0.0166. The van der Waals surface area contributed by atoms with Crippen molar-refractivity contribution in [3.8, 4) is 0 Å². The van der Waals surface area contributed by atoms with Gasteiger partial charge in [-0.25, -0.2) is 4.39 Å². The molecule has 0 aliphatic carbocycles. The van der Waals surface area contributed by atoms with Gasteiger partial charge in [-0.3, -0.25) is 0 Å². The number of hydrogen-bond donors (Lipinski definition) is 1. The molecule has 0 aliphatic rings. The molecule has 0 fully saturated rings. The summed E-state index contributed by atoms with van der Waals surface area (Å²) >= 11 is 7.21. The molecule has 0 aliphatic heterocycles. The highest BCUT2D eigenvalue weighted by Crippen LogP contribution is 2.27. The molecule has 1 N–H and O–H groups in total. The van der Waals surface area contributed by atoms with Crippen LogP contribution < -0.4 is 5.32 Å². The van der Waals surface area contributed by atoms with Gasteiger partial charge in [0, 0.05) is 6.04 Å². The molecule has 108 valence electrons. The lowest BCUT2D eigenvalue weighted by Crippen LogP contribution is -2.23. The zero-order chi connectivity index (χ0) is 14.5. The van der Waals surface area contributed by atoms with Crippen molar-refractivity contribution in [3.63, 3.8) is 0 Å². The lowest BCUT2D eigenvalue weighted by atomic mass is 10.0. The Hall–Kier alpha value is -1.04. The predicted octanol–water partition coefficient (Wildman–Crippen LogP) is 3.79. The Morgan fingerprint density at radius 1 is 1.40 bits per heavy atom. The van der Waals surface area contributed by atoms with Gasteiger partial charge < -0.3 is 5.32 Å². The molecule has 20 heavy (non-hydrogen) atoms. The van der Waals surface area contributed by atoms with Crippen molar-refractivity contribution >= 4 is 23.1 Å². The lowest BCUT2D eigenvalue weighted by Gasteiger charge is -2.17. The number of hydrogen-bond acceptors (Lipinski definition) is 4. The molecular formula is C14H17ClFN3S. The van der Waals surface area contributed by atoms with Crippen molar-refractivity contribution in [3.05, 3.63) is 45.2 Å². The van der Waals surface area contributed by atoms with Crippen molar-refractivity contribution in [1.82, 2.24) is 14.9 Å². The first-order valence-electron chi connectivity index (χ1n) is 6.64. The van der Waals surface area contributed by atoms with Gasteiger partial charge >= 0.3 is 0 Å². The zero-order valence-corrected chi connectivity index (χ0v) is 13.1. The average molecular weight is 314 g/mol. The third kappa shape index (κ3) is 3.34. The molecule has 0 radical (unpaired) electrons. The number of halogens is 2. The number of likely N-dealkylation sites (N-methyl/N-ethyl adjacent to an activating group) is 1. The van der Waals surface area contributed by atoms with E-state index in [-0.39, 0.29) is 16.9 Å². The second kappa shape index (κ2) is 7.11. The van der Waals surface area contributed by atoms with Gasteiger partial charge in [-0.1, -0.05) is 42.1 Å². The van der Waals surface area contributed by atoms with Crippen molar-refractivity contribution in [2.75, 3.05) is 6.54 Å². The number of nitrogens with zero attached hydrogens (tertiary/aromatic N) is 2. The first kappa shape index (κ1) is 15.4. The molecule has 1 atom stereocenters. The molecule has 0 saturated carbocycles. The van der Waals surface area contributed by atoms with E-state index in [0.717, 1.165) is 23.5 Å². The van der Waals surface area contributed by atoms with Gasteiger partial charge in [0.2, 0.25) is 0 Å². The van der Waals surface area contributed by atoms with Crippen LogP contribution in [0, 0.1) is 5.82 Å². The topological polar surface area (TPSA) is 37.8 Å². The third-order valence-corrected chi connectivity index (χ3v) is 4.31. The Morgan fingerprint density at radius 2 is 2.20 bits per heavy atom. The van der Waals surface area contributed by atoms with Crippen LogP contribution in [-0.2, 0) is 12.8 Å². The monoisotopic (exact) mass is 313 g/mol. The molecule has 1 aromatic carbocycles. The summed E-state index contributed by atoms with van der Waals surface area (Å²) in [5.74, 6) is -0.340. The highest BCUT2D eigenvalue weighted by Gasteiger charge is 2.20. The van der Waals surface area contributed by atoms with E-state index < -0.39 is 0 Å². The fraction of sp³-hybridized carbons (Fsp3) is 0.429. The van der Waals surface area contributed by atoms with Crippen LogP contribution in [0.1, 0.15) is 36.0 Å². The van der Waals surface area contributed by atoms with Crippen LogP contribution in [0.15, 0.2) is 18.2 Å².